The molecule has 1 aromatic rings. The summed E-state index contributed by atoms with van der Waals surface area (Å²) in [7, 11) is 0. The van der Waals surface area contributed by atoms with Gasteiger partial charge in [0.2, 0.25) is 0 Å². The average Bonchev–Trinajstić information content (AvgIpc) is 2.45. The van der Waals surface area contributed by atoms with E-state index in [-0.39, 0.29) is 12.4 Å². The number of hydrogen-bond acceptors (Lipinski definition) is 4. The van der Waals surface area contributed by atoms with Gasteiger partial charge in [-0.2, -0.15) is 0 Å². The van der Waals surface area contributed by atoms with Gasteiger partial charge in [-0.25, -0.2) is 0 Å². The van der Waals surface area contributed by atoms with Crippen LogP contribution in [-0.4, -0.2) is 42.8 Å². The Kier molecular flexibility index (Phi) is 7.33. The molecule has 2 atom stereocenters. The molecule has 106 valence electrons. The fourth-order valence-corrected chi connectivity index (χ4v) is 1.67. The van der Waals surface area contributed by atoms with Gasteiger partial charge in [-0.3, -0.25) is 4.79 Å². The van der Waals surface area contributed by atoms with Gasteiger partial charge in [0.15, 0.2) is 5.78 Å². The number of carbonyl (C=O) groups excluding carboxylic acids is 1. The molecule has 0 heterocycles. The van der Waals surface area contributed by atoms with Crippen LogP contribution in [0.2, 0.25) is 0 Å². The molecule has 0 aliphatic heterocycles. The molecule has 1 rings (SSSR count). The van der Waals surface area contributed by atoms with Crippen molar-refractivity contribution in [3.63, 3.8) is 0 Å². The molecule has 0 spiro atoms. The van der Waals surface area contributed by atoms with Gasteiger partial charge in [0.25, 0.3) is 0 Å². The lowest BCUT2D eigenvalue weighted by Gasteiger charge is -2.16. The summed E-state index contributed by atoms with van der Waals surface area (Å²) < 4.78 is 5.41. The van der Waals surface area contributed by atoms with Gasteiger partial charge in [0.1, 0.15) is 6.10 Å². The van der Waals surface area contributed by atoms with Crippen molar-refractivity contribution in [3.8, 4) is 0 Å². The van der Waals surface area contributed by atoms with E-state index < -0.39 is 12.2 Å². The lowest BCUT2D eigenvalue weighted by atomic mass is 10.1. The lowest BCUT2D eigenvalue weighted by molar-refractivity contribution is 0.00432. The molecule has 0 bridgehead atoms. The first-order chi connectivity index (χ1) is 9.15. The van der Waals surface area contributed by atoms with E-state index in [1.54, 1.807) is 19.1 Å². The van der Waals surface area contributed by atoms with Crippen LogP contribution in [0.3, 0.4) is 0 Å². The fourth-order valence-electron chi connectivity index (χ4n) is 1.67. The summed E-state index contributed by atoms with van der Waals surface area (Å²) in [6, 6.07) is 9.04. The Balaban J connectivity index is 2.31. The van der Waals surface area contributed by atoms with Crippen molar-refractivity contribution in [2.75, 3.05) is 19.7 Å². The molecular formula is C15H23NO3. The Hall–Kier alpha value is -1.23. The van der Waals surface area contributed by atoms with E-state index in [4.69, 9.17) is 4.74 Å². The number of Topliss-reactive ketones (excluding diaryl/α,β-unsaturated/α-hetero) is 1. The number of aliphatic hydroxyl groups is 1. The third-order valence-electron chi connectivity index (χ3n) is 2.77. The maximum atomic E-state index is 12.0. The molecule has 1 aromatic carbocycles. The van der Waals surface area contributed by atoms with E-state index in [2.05, 4.69) is 12.2 Å². The van der Waals surface area contributed by atoms with Gasteiger partial charge >= 0.3 is 0 Å². The molecule has 0 aliphatic carbocycles. The van der Waals surface area contributed by atoms with Crippen LogP contribution in [0.5, 0.6) is 0 Å². The number of benzene rings is 1. The predicted molar refractivity (Wildman–Crippen MR) is 75.4 cm³/mol. The number of ether oxygens (including phenoxy) is 1. The minimum Gasteiger partial charge on any atom is -0.389 e. The van der Waals surface area contributed by atoms with E-state index in [0.29, 0.717) is 12.1 Å². The summed E-state index contributed by atoms with van der Waals surface area (Å²) in [5, 5.41) is 12.8. The Morgan fingerprint density at radius 1 is 1.37 bits per heavy atom. The van der Waals surface area contributed by atoms with Crippen molar-refractivity contribution >= 4 is 5.78 Å². The van der Waals surface area contributed by atoms with E-state index in [1.165, 1.54) is 0 Å². The van der Waals surface area contributed by atoms with Crippen molar-refractivity contribution in [2.24, 2.45) is 0 Å². The summed E-state index contributed by atoms with van der Waals surface area (Å²) in [6.07, 6.45) is -0.1000. The molecule has 2 unspecified atom stereocenters. The van der Waals surface area contributed by atoms with Crippen LogP contribution in [0.1, 0.15) is 30.6 Å². The molecular weight excluding hydrogens is 242 g/mol. The highest BCUT2D eigenvalue weighted by atomic mass is 16.5. The SMILES string of the molecule is CCCNCC(O)COC(C)C(=O)c1ccccc1. The quantitative estimate of drug-likeness (QED) is 0.526. The molecule has 0 saturated heterocycles. The van der Waals surface area contributed by atoms with E-state index in [1.807, 2.05) is 18.2 Å². The van der Waals surface area contributed by atoms with Gasteiger partial charge in [-0.15, -0.1) is 0 Å². The highest BCUT2D eigenvalue weighted by Crippen LogP contribution is 2.06. The summed E-state index contributed by atoms with van der Waals surface area (Å²) in [5.41, 5.74) is 0.633. The summed E-state index contributed by atoms with van der Waals surface area (Å²) in [5.74, 6) is -0.0608. The maximum Gasteiger partial charge on any atom is 0.191 e. The first-order valence-electron chi connectivity index (χ1n) is 6.74. The fraction of sp³-hybridized carbons (Fsp3) is 0.533. The minimum absolute atomic E-state index is 0.0608. The molecule has 4 nitrogen and oxygen atoms in total. The molecule has 19 heavy (non-hydrogen) atoms. The van der Waals surface area contributed by atoms with E-state index >= 15 is 0 Å². The van der Waals surface area contributed by atoms with Gasteiger partial charge < -0.3 is 15.2 Å². The number of nitrogens with one attached hydrogen (secondary N) is 1. The van der Waals surface area contributed by atoms with Crippen molar-refractivity contribution in [1.29, 1.82) is 0 Å². The summed E-state index contributed by atoms with van der Waals surface area (Å²) in [6.45, 7) is 5.30. The Morgan fingerprint density at radius 2 is 2.05 bits per heavy atom. The number of ketones is 1. The second-order valence-electron chi connectivity index (χ2n) is 4.56. The van der Waals surface area contributed by atoms with Crippen LogP contribution in [0, 0.1) is 0 Å². The van der Waals surface area contributed by atoms with Crippen LogP contribution >= 0.6 is 0 Å². The molecule has 0 amide bonds. The number of carbonyl (C=O) groups is 1. The predicted octanol–water partition coefficient (Wildman–Crippen LogP) is 1.63. The zero-order valence-corrected chi connectivity index (χ0v) is 11.6. The second-order valence-corrected chi connectivity index (χ2v) is 4.56. The third-order valence-corrected chi connectivity index (χ3v) is 2.77. The maximum absolute atomic E-state index is 12.0. The van der Waals surface area contributed by atoms with Crippen LogP contribution in [0.4, 0.5) is 0 Å². The molecule has 0 aliphatic rings. The van der Waals surface area contributed by atoms with Crippen LogP contribution in [0.25, 0.3) is 0 Å². The molecule has 4 heteroatoms. The van der Waals surface area contributed by atoms with Gasteiger partial charge in [-0.1, -0.05) is 37.3 Å². The highest BCUT2D eigenvalue weighted by Gasteiger charge is 2.16. The number of aliphatic hydroxyl groups excluding tert-OH is 1. The Morgan fingerprint density at radius 3 is 2.68 bits per heavy atom. The summed E-state index contributed by atoms with van der Waals surface area (Å²) in [4.78, 5) is 12.0. The number of hydrogen-bond donors (Lipinski definition) is 2. The first-order valence-corrected chi connectivity index (χ1v) is 6.74. The van der Waals surface area contributed by atoms with Crippen LogP contribution in [0.15, 0.2) is 30.3 Å². The van der Waals surface area contributed by atoms with Gasteiger partial charge in [0.05, 0.1) is 12.7 Å². The Labute approximate surface area is 114 Å². The van der Waals surface area contributed by atoms with Gasteiger partial charge in [-0.05, 0) is 19.9 Å². The van der Waals surface area contributed by atoms with E-state index in [9.17, 15) is 9.90 Å². The summed E-state index contributed by atoms with van der Waals surface area (Å²) >= 11 is 0. The minimum atomic E-state index is -0.586. The smallest absolute Gasteiger partial charge is 0.191 e. The standard InChI is InChI=1S/C15H23NO3/c1-3-9-16-10-14(17)11-19-12(2)15(18)13-7-5-4-6-8-13/h4-8,12,14,16-17H,3,9-11H2,1-2H3. The molecule has 0 saturated carbocycles. The normalized spacial score (nSPS) is 14.1. The topological polar surface area (TPSA) is 58.6 Å². The van der Waals surface area contributed by atoms with Crippen molar-refractivity contribution < 1.29 is 14.6 Å². The molecule has 0 aromatic heterocycles. The number of rotatable bonds is 9. The average molecular weight is 265 g/mol. The first kappa shape index (κ1) is 15.8. The monoisotopic (exact) mass is 265 g/mol. The van der Waals surface area contributed by atoms with Crippen molar-refractivity contribution in [2.45, 2.75) is 32.5 Å². The van der Waals surface area contributed by atoms with E-state index in [0.717, 1.165) is 13.0 Å². The van der Waals surface area contributed by atoms with Crippen LogP contribution in [-0.2, 0) is 4.74 Å². The van der Waals surface area contributed by atoms with Crippen LogP contribution < -0.4 is 5.32 Å². The van der Waals surface area contributed by atoms with Crippen molar-refractivity contribution in [3.05, 3.63) is 35.9 Å². The second kappa shape index (κ2) is 8.80. The van der Waals surface area contributed by atoms with Gasteiger partial charge in [0, 0.05) is 12.1 Å². The molecule has 0 fully saturated rings. The third kappa shape index (κ3) is 5.96. The molecule has 2 N–H and O–H groups in total. The zero-order valence-electron chi connectivity index (χ0n) is 11.6. The molecule has 0 radical (unpaired) electrons. The highest BCUT2D eigenvalue weighted by molar-refractivity contribution is 5.99. The Bertz CT molecular complexity index is 367. The zero-order chi connectivity index (χ0) is 14.1. The lowest BCUT2D eigenvalue weighted by Crippen LogP contribution is -2.33. The largest absolute Gasteiger partial charge is 0.389 e. The van der Waals surface area contributed by atoms with Crippen molar-refractivity contribution in [1.82, 2.24) is 5.32 Å².